The largest absolute Gasteiger partial charge is 0.390 e. The second-order valence-corrected chi connectivity index (χ2v) is 9.25. The molecule has 0 aliphatic heterocycles. The van der Waals surface area contributed by atoms with Gasteiger partial charge in [-0.15, -0.1) is 0 Å². The Kier molecular flexibility index (Phi) is 4.15. The highest BCUT2D eigenvalue weighted by Gasteiger charge is 2.70. The van der Waals surface area contributed by atoms with E-state index in [-0.39, 0.29) is 23.2 Å². The molecule has 2 aliphatic carbocycles. The maximum absolute atomic E-state index is 11.0. The monoisotopic (exact) mass is 441 g/mol. The van der Waals surface area contributed by atoms with Gasteiger partial charge in [-0.25, -0.2) is 15.0 Å². The van der Waals surface area contributed by atoms with Crippen molar-refractivity contribution in [2.75, 3.05) is 11.5 Å². The number of benzene rings is 1. The topological polar surface area (TPSA) is 160 Å². The summed E-state index contributed by atoms with van der Waals surface area (Å²) >= 11 is 0. The number of aliphatic hydroxyl groups is 2. The Bertz CT molecular complexity index is 1460. The van der Waals surface area contributed by atoms with Crippen molar-refractivity contribution in [2.45, 2.75) is 37.5 Å². The molecule has 0 bridgehead atoms. The van der Waals surface area contributed by atoms with E-state index in [9.17, 15) is 10.2 Å². The van der Waals surface area contributed by atoms with E-state index in [1.807, 2.05) is 35.0 Å². The van der Waals surface area contributed by atoms with Crippen LogP contribution < -0.4 is 11.5 Å². The summed E-state index contributed by atoms with van der Waals surface area (Å²) in [6.45, 7) is 0. The van der Waals surface area contributed by atoms with Crippen LogP contribution in [-0.2, 0) is 6.42 Å². The van der Waals surface area contributed by atoms with Crippen LogP contribution in [0.3, 0.4) is 0 Å². The highest BCUT2D eigenvalue weighted by molar-refractivity contribution is 5.86. The Morgan fingerprint density at radius 3 is 2.82 bits per heavy atom. The number of nitrogens with zero attached hydrogens (tertiary/aromatic N) is 5. The van der Waals surface area contributed by atoms with Gasteiger partial charge in [0.25, 0.3) is 0 Å². The summed E-state index contributed by atoms with van der Waals surface area (Å²) in [5.74, 6) is 0.784. The van der Waals surface area contributed by atoms with E-state index in [0.717, 1.165) is 41.1 Å². The molecule has 3 aromatic heterocycles. The second kappa shape index (κ2) is 6.88. The number of anilines is 2. The number of nitriles is 1. The third-order valence-corrected chi connectivity index (χ3v) is 7.63. The first-order valence-corrected chi connectivity index (χ1v) is 11.0. The second-order valence-electron chi connectivity index (χ2n) is 9.25. The smallest absolute Gasteiger partial charge is 0.145 e. The summed E-state index contributed by atoms with van der Waals surface area (Å²) in [6, 6.07) is 11.3. The predicted octanol–water partition coefficient (Wildman–Crippen LogP) is 1.93. The molecule has 2 fully saturated rings. The van der Waals surface area contributed by atoms with Crippen LogP contribution in [0.1, 0.15) is 30.0 Å². The summed E-state index contributed by atoms with van der Waals surface area (Å²) in [6.07, 6.45) is 3.95. The Labute approximate surface area is 189 Å². The quantitative estimate of drug-likeness (QED) is 0.374. The van der Waals surface area contributed by atoms with Gasteiger partial charge in [-0.3, -0.25) is 0 Å². The van der Waals surface area contributed by atoms with Crippen molar-refractivity contribution < 1.29 is 10.2 Å². The van der Waals surface area contributed by atoms with Crippen LogP contribution in [0.5, 0.6) is 0 Å². The lowest BCUT2D eigenvalue weighted by molar-refractivity contribution is -0.0191. The van der Waals surface area contributed by atoms with Crippen molar-refractivity contribution in [1.29, 1.82) is 5.26 Å². The number of hydrogen-bond acceptors (Lipinski definition) is 8. The Morgan fingerprint density at radius 1 is 1.15 bits per heavy atom. The Balaban J connectivity index is 1.26. The zero-order valence-corrected chi connectivity index (χ0v) is 17.8. The molecule has 5 atom stereocenters. The molecule has 9 nitrogen and oxygen atoms in total. The van der Waals surface area contributed by atoms with E-state index in [4.69, 9.17) is 16.7 Å². The lowest BCUT2D eigenvalue weighted by Gasteiger charge is -2.24. The predicted molar refractivity (Wildman–Crippen MR) is 123 cm³/mol. The van der Waals surface area contributed by atoms with Gasteiger partial charge in [0.05, 0.1) is 28.6 Å². The van der Waals surface area contributed by atoms with Crippen molar-refractivity contribution in [3.63, 3.8) is 0 Å². The van der Waals surface area contributed by atoms with E-state index in [1.54, 1.807) is 6.07 Å². The van der Waals surface area contributed by atoms with Gasteiger partial charge in [-0.1, -0.05) is 12.1 Å². The minimum atomic E-state index is -0.877. The summed E-state index contributed by atoms with van der Waals surface area (Å²) < 4.78 is 1.94. The summed E-state index contributed by atoms with van der Waals surface area (Å²) in [7, 11) is 0. The van der Waals surface area contributed by atoms with E-state index in [2.05, 4.69) is 21.0 Å². The number of aromatic nitrogens is 4. The minimum absolute atomic E-state index is 0.154. The molecule has 4 aromatic rings. The number of nitrogens with two attached hydrogens (primary N) is 2. The van der Waals surface area contributed by atoms with E-state index in [1.165, 1.54) is 6.33 Å². The third kappa shape index (κ3) is 2.81. The van der Waals surface area contributed by atoms with Gasteiger partial charge in [-0.2, -0.15) is 5.26 Å². The zero-order valence-electron chi connectivity index (χ0n) is 17.8. The van der Waals surface area contributed by atoms with Crippen molar-refractivity contribution in [3.05, 3.63) is 54.0 Å². The van der Waals surface area contributed by atoms with E-state index >= 15 is 0 Å². The van der Waals surface area contributed by atoms with Crippen LogP contribution in [0.25, 0.3) is 21.9 Å². The Morgan fingerprint density at radius 2 is 2.00 bits per heavy atom. The van der Waals surface area contributed by atoms with Crippen molar-refractivity contribution in [1.82, 2.24) is 19.5 Å². The van der Waals surface area contributed by atoms with Crippen LogP contribution in [0.15, 0.2) is 42.9 Å². The fourth-order valence-corrected chi connectivity index (χ4v) is 5.79. The first-order chi connectivity index (χ1) is 15.9. The molecule has 0 unspecified atom stereocenters. The summed E-state index contributed by atoms with van der Waals surface area (Å²) in [5.41, 5.74) is 14.4. The Hall–Kier alpha value is -3.74. The number of fused-ring (bicyclic) bond motifs is 3. The maximum atomic E-state index is 11.0. The molecule has 33 heavy (non-hydrogen) atoms. The number of nitrogen functional groups attached to an aromatic ring is 2. The van der Waals surface area contributed by atoms with Crippen LogP contribution in [0, 0.1) is 22.7 Å². The minimum Gasteiger partial charge on any atom is -0.390 e. The average molecular weight is 441 g/mol. The first-order valence-electron chi connectivity index (χ1n) is 11.0. The molecule has 0 radical (unpaired) electrons. The first kappa shape index (κ1) is 19.9. The fourth-order valence-electron chi connectivity index (χ4n) is 5.79. The molecule has 0 amide bonds. The van der Waals surface area contributed by atoms with Gasteiger partial charge >= 0.3 is 0 Å². The molecular weight excluding hydrogens is 418 g/mol. The maximum Gasteiger partial charge on any atom is 0.145 e. The lowest BCUT2D eigenvalue weighted by atomic mass is 9.91. The number of aliphatic hydroxyl groups excluding tert-OH is 2. The highest BCUT2D eigenvalue weighted by atomic mass is 16.3. The lowest BCUT2D eigenvalue weighted by Crippen LogP contribution is -2.34. The van der Waals surface area contributed by atoms with Gasteiger partial charge in [0, 0.05) is 17.0 Å². The van der Waals surface area contributed by atoms with E-state index < -0.39 is 12.2 Å². The SMILES string of the molecule is N#Cc1cc2ccc(CC[C@@]34C[C@@H]3[C@@H](n3ccc5c(N)ncnc53)[C@H](O)[C@@H]4O)cc2nc1N. The van der Waals surface area contributed by atoms with Crippen LogP contribution in [0.4, 0.5) is 11.6 Å². The number of rotatable bonds is 4. The average Bonchev–Trinajstić information content (AvgIpc) is 3.30. The fraction of sp³-hybridized carbons (Fsp3) is 0.333. The van der Waals surface area contributed by atoms with Gasteiger partial charge in [0.2, 0.25) is 0 Å². The number of aryl methyl sites for hydroxylation is 1. The molecule has 166 valence electrons. The molecule has 6 N–H and O–H groups in total. The summed E-state index contributed by atoms with van der Waals surface area (Å²) in [5, 5.41) is 32.7. The summed E-state index contributed by atoms with van der Waals surface area (Å²) in [4.78, 5) is 12.8. The standard InChI is InChI=1S/C24H23N7O2/c25-10-14-8-13-2-1-12(7-17(13)30-21(14)26)3-5-24-9-16(24)18(19(32)20(24)33)31-6-4-15-22(27)28-11-29-23(15)31/h1-2,4,6-8,11,16,18-20,32-33H,3,5,9H2,(H2,26,30)(H2,27,28,29)/t16-,18-,19+,20+,24-/m1/s1. The molecule has 6 rings (SSSR count). The molecule has 2 saturated carbocycles. The normalized spacial score (nSPS) is 28.2. The van der Waals surface area contributed by atoms with Gasteiger partial charge in [0.15, 0.2) is 0 Å². The third-order valence-electron chi connectivity index (χ3n) is 7.63. The molecule has 2 aliphatic rings. The van der Waals surface area contributed by atoms with Gasteiger partial charge < -0.3 is 26.2 Å². The van der Waals surface area contributed by atoms with Crippen LogP contribution in [-0.4, -0.2) is 41.9 Å². The van der Waals surface area contributed by atoms with Gasteiger partial charge in [0.1, 0.15) is 35.8 Å². The number of pyridine rings is 1. The molecule has 3 heterocycles. The molecule has 1 aromatic carbocycles. The highest BCUT2D eigenvalue weighted by Crippen LogP contribution is 2.69. The van der Waals surface area contributed by atoms with Crippen LogP contribution in [0.2, 0.25) is 0 Å². The molecule has 0 saturated heterocycles. The molecule has 0 spiro atoms. The number of hydrogen-bond donors (Lipinski definition) is 4. The van der Waals surface area contributed by atoms with Crippen molar-refractivity contribution in [2.24, 2.45) is 11.3 Å². The molecular formula is C24H23N7O2. The van der Waals surface area contributed by atoms with Crippen molar-refractivity contribution >= 4 is 33.6 Å². The van der Waals surface area contributed by atoms with Crippen LogP contribution >= 0.6 is 0 Å². The van der Waals surface area contributed by atoms with E-state index in [0.29, 0.717) is 17.0 Å². The molecule has 9 heteroatoms. The van der Waals surface area contributed by atoms with Crippen molar-refractivity contribution in [3.8, 4) is 6.07 Å². The zero-order chi connectivity index (χ0) is 22.9. The van der Waals surface area contributed by atoms with Gasteiger partial charge in [-0.05, 0) is 48.9 Å².